The lowest BCUT2D eigenvalue weighted by Crippen LogP contribution is -2.20. The maximum Gasteiger partial charge on any atom is 0.437 e. The van der Waals surface area contributed by atoms with Gasteiger partial charge in [-0.25, -0.2) is 8.78 Å². The van der Waals surface area contributed by atoms with Crippen molar-refractivity contribution in [2.24, 2.45) is 7.05 Å². The number of rotatable bonds is 5. The lowest BCUT2D eigenvalue weighted by Gasteiger charge is -2.20. The van der Waals surface area contributed by atoms with Crippen molar-refractivity contribution in [3.8, 4) is 0 Å². The Morgan fingerprint density at radius 2 is 2.00 bits per heavy atom. The minimum absolute atomic E-state index is 0.0423. The van der Waals surface area contributed by atoms with Gasteiger partial charge in [-0.1, -0.05) is 6.92 Å². The van der Waals surface area contributed by atoms with Crippen LogP contribution in [0.1, 0.15) is 12.6 Å². The number of benzene rings is 1. The van der Waals surface area contributed by atoms with E-state index in [-0.39, 0.29) is 11.4 Å². The van der Waals surface area contributed by atoms with Gasteiger partial charge >= 0.3 is 6.18 Å². The Balaban J connectivity index is 2.72. The van der Waals surface area contributed by atoms with Crippen LogP contribution >= 0.6 is 11.8 Å². The van der Waals surface area contributed by atoms with E-state index in [1.165, 1.54) is 7.05 Å². The summed E-state index contributed by atoms with van der Waals surface area (Å²) in [4.78, 5) is 11.9. The first-order chi connectivity index (χ1) is 11.2. The lowest BCUT2D eigenvalue weighted by atomic mass is 10.2. The van der Waals surface area contributed by atoms with Gasteiger partial charge in [0.05, 0.1) is 5.69 Å². The topological polar surface area (TPSA) is 38.1 Å². The fourth-order valence-electron chi connectivity index (χ4n) is 2.11. The number of hydrogen-bond donors (Lipinski definition) is 0. The van der Waals surface area contributed by atoms with E-state index < -0.39 is 34.9 Å². The molecule has 1 aromatic carbocycles. The van der Waals surface area contributed by atoms with Crippen molar-refractivity contribution < 1.29 is 26.7 Å². The van der Waals surface area contributed by atoms with Gasteiger partial charge < -0.3 is 0 Å². The van der Waals surface area contributed by atoms with Gasteiger partial charge in [0.25, 0.3) is 0 Å². The van der Waals surface area contributed by atoms with Gasteiger partial charge in [0.1, 0.15) is 22.3 Å². The number of aromatic nitrogens is 2. The van der Waals surface area contributed by atoms with Gasteiger partial charge in [-0.15, -0.1) is 11.8 Å². The molecule has 1 aromatic heterocycles. The molecule has 0 N–H and O–H groups in total. The molecule has 0 unspecified atom stereocenters. The highest BCUT2D eigenvalue weighted by Gasteiger charge is 2.41. The third kappa shape index (κ3) is 3.37. The Morgan fingerprint density at radius 1 is 1.33 bits per heavy atom. The van der Waals surface area contributed by atoms with Crippen LogP contribution in [0, 0.1) is 11.6 Å². The highest BCUT2D eigenvalue weighted by molar-refractivity contribution is 7.99. The predicted octanol–water partition coefficient (Wildman–Crippen LogP) is 4.12. The minimum Gasteiger partial charge on any atom is -0.278 e. The highest BCUT2D eigenvalue weighted by atomic mass is 32.2. The Labute approximate surface area is 138 Å². The van der Waals surface area contributed by atoms with E-state index in [0.717, 1.165) is 28.6 Å². The van der Waals surface area contributed by atoms with Crippen molar-refractivity contribution >= 4 is 29.5 Å². The predicted molar refractivity (Wildman–Crippen MR) is 79.2 cm³/mol. The van der Waals surface area contributed by atoms with Gasteiger partial charge in [-0.2, -0.15) is 18.3 Å². The molecule has 2 rings (SSSR count). The highest BCUT2D eigenvalue weighted by Crippen LogP contribution is 2.43. The molecule has 0 aliphatic heterocycles. The Hall–Kier alpha value is -2.10. The number of carbonyl (C=O) groups is 1. The molecule has 2 aromatic rings. The van der Waals surface area contributed by atoms with E-state index in [2.05, 4.69) is 5.10 Å². The third-order valence-corrected chi connectivity index (χ3v) is 4.06. The Kier molecular flexibility index (Phi) is 5.16. The molecule has 1 heterocycles. The zero-order valence-electron chi connectivity index (χ0n) is 12.6. The summed E-state index contributed by atoms with van der Waals surface area (Å²) >= 11 is 1.02. The first kappa shape index (κ1) is 18.2. The molecule has 24 heavy (non-hydrogen) atoms. The van der Waals surface area contributed by atoms with Crippen LogP contribution in [0.15, 0.2) is 23.2 Å². The lowest BCUT2D eigenvalue weighted by molar-refractivity contribution is -0.140. The van der Waals surface area contributed by atoms with Crippen molar-refractivity contribution in [3.05, 3.63) is 35.5 Å². The van der Waals surface area contributed by atoms with E-state index >= 15 is 0 Å². The average Bonchev–Trinajstić information content (AvgIpc) is 2.80. The zero-order chi connectivity index (χ0) is 18.1. The number of hydrogen-bond acceptors (Lipinski definition) is 3. The summed E-state index contributed by atoms with van der Waals surface area (Å²) in [6.45, 7) is 1.71. The standard InChI is InChI=1S/C14H12F5N3OS/c1-3-24-13-11(12(14(17,18)19)20-21(13)2)22(7-23)10-5-4-8(15)6-9(10)16/h4-7H,3H2,1-2H3. The molecular formula is C14H12F5N3OS. The van der Waals surface area contributed by atoms with E-state index in [4.69, 9.17) is 0 Å². The molecule has 0 bridgehead atoms. The van der Waals surface area contributed by atoms with Crippen LogP contribution in [0.2, 0.25) is 0 Å². The molecule has 1 amide bonds. The molecule has 10 heteroatoms. The van der Waals surface area contributed by atoms with Crippen molar-refractivity contribution in [2.45, 2.75) is 18.1 Å². The largest absolute Gasteiger partial charge is 0.437 e. The molecule has 0 aliphatic rings. The molecule has 130 valence electrons. The number of anilines is 2. The summed E-state index contributed by atoms with van der Waals surface area (Å²) in [6, 6.07) is 2.24. The van der Waals surface area contributed by atoms with Crippen LogP contribution in [-0.4, -0.2) is 21.9 Å². The van der Waals surface area contributed by atoms with Crippen LogP contribution < -0.4 is 4.90 Å². The number of alkyl halides is 3. The second-order valence-corrected chi connectivity index (χ2v) is 5.88. The first-order valence-electron chi connectivity index (χ1n) is 6.67. The molecule has 0 fully saturated rings. The molecule has 0 saturated carbocycles. The summed E-state index contributed by atoms with van der Waals surface area (Å²) in [6.07, 6.45) is -4.81. The first-order valence-corrected chi connectivity index (χ1v) is 7.65. The van der Waals surface area contributed by atoms with E-state index in [1.54, 1.807) is 6.92 Å². The number of carbonyl (C=O) groups excluding carboxylic acids is 1. The summed E-state index contributed by atoms with van der Waals surface area (Å²) in [5.41, 5.74) is -2.41. The van der Waals surface area contributed by atoms with Gasteiger partial charge in [0, 0.05) is 13.1 Å². The molecule has 0 radical (unpaired) electrons. The maximum atomic E-state index is 14.0. The van der Waals surface area contributed by atoms with Crippen molar-refractivity contribution in [1.82, 2.24) is 9.78 Å². The van der Waals surface area contributed by atoms with Crippen molar-refractivity contribution in [3.63, 3.8) is 0 Å². The third-order valence-electron chi connectivity index (χ3n) is 3.04. The smallest absolute Gasteiger partial charge is 0.278 e. The summed E-state index contributed by atoms with van der Waals surface area (Å²) in [5, 5.41) is 3.46. The summed E-state index contributed by atoms with van der Waals surface area (Å²) in [7, 11) is 1.29. The minimum atomic E-state index is -4.85. The fraction of sp³-hybridized carbons (Fsp3) is 0.286. The number of amides is 1. The van der Waals surface area contributed by atoms with Crippen molar-refractivity contribution in [1.29, 1.82) is 0 Å². The molecular weight excluding hydrogens is 353 g/mol. The van der Waals surface area contributed by atoms with Gasteiger partial charge in [-0.05, 0) is 17.9 Å². The Morgan fingerprint density at radius 3 is 2.50 bits per heavy atom. The van der Waals surface area contributed by atoms with E-state index in [1.807, 2.05) is 0 Å². The molecule has 0 saturated heterocycles. The second kappa shape index (κ2) is 6.80. The number of thioether (sulfide) groups is 1. The molecule has 0 spiro atoms. The molecule has 0 aliphatic carbocycles. The normalized spacial score (nSPS) is 11.6. The average molecular weight is 365 g/mol. The van der Waals surface area contributed by atoms with E-state index in [0.29, 0.717) is 16.7 Å². The van der Waals surface area contributed by atoms with Crippen LogP contribution in [0.25, 0.3) is 0 Å². The van der Waals surface area contributed by atoms with Crippen molar-refractivity contribution in [2.75, 3.05) is 10.7 Å². The van der Waals surface area contributed by atoms with Crippen LogP contribution in [0.4, 0.5) is 33.3 Å². The summed E-state index contributed by atoms with van der Waals surface area (Å²) < 4.78 is 67.8. The zero-order valence-corrected chi connectivity index (χ0v) is 13.4. The van der Waals surface area contributed by atoms with Gasteiger partial charge in [-0.3, -0.25) is 14.4 Å². The maximum absolute atomic E-state index is 14.0. The molecule has 4 nitrogen and oxygen atoms in total. The number of nitrogens with zero attached hydrogens (tertiary/aromatic N) is 3. The van der Waals surface area contributed by atoms with Crippen LogP contribution in [-0.2, 0) is 18.0 Å². The van der Waals surface area contributed by atoms with Crippen LogP contribution in [0.3, 0.4) is 0 Å². The van der Waals surface area contributed by atoms with Crippen LogP contribution in [0.5, 0.6) is 0 Å². The summed E-state index contributed by atoms with van der Waals surface area (Å²) in [5.74, 6) is -1.67. The van der Waals surface area contributed by atoms with Gasteiger partial charge in [0.2, 0.25) is 6.41 Å². The quantitative estimate of drug-likeness (QED) is 0.454. The molecule has 0 atom stereocenters. The number of halogens is 5. The van der Waals surface area contributed by atoms with Gasteiger partial charge in [0.15, 0.2) is 5.69 Å². The Bertz CT molecular complexity index is 760. The fourth-order valence-corrected chi connectivity index (χ4v) is 2.94. The number of aryl methyl sites for hydroxylation is 1. The van der Waals surface area contributed by atoms with E-state index in [9.17, 15) is 26.7 Å². The SMILES string of the molecule is CCSc1c(N(C=O)c2ccc(F)cc2F)c(C(F)(F)F)nn1C. The second-order valence-electron chi connectivity index (χ2n) is 4.63. The monoisotopic (exact) mass is 365 g/mol.